The lowest BCUT2D eigenvalue weighted by atomic mass is 9.93. The second kappa shape index (κ2) is 6.38. The average Bonchev–Trinajstić information content (AvgIpc) is 2.26. The minimum Gasteiger partial charge on any atom is -0.496 e. The summed E-state index contributed by atoms with van der Waals surface area (Å²) in [6.45, 7) is 2.67. The number of aliphatic hydroxyl groups is 1. The van der Waals surface area contributed by atoms with Gasteiger partial charge in [-0.05, 0) is 60.6 Å². The molecular formula is C13H20BrNO2. The number of benzene rings is 1. The molecule has 1 rings (SSSR count). The average molecular weight is 302 g/mol. The van der Waals surface area contributed by atoms with Crippen LogP contribution in [0.15, 0.2) is 22.7 Å². The number of methoxy groups -OCH3 is 1. The lowest BCUT2D eigenvalue weighted by molar-refractivity contribution is 0.0520. The molecule has 1 aromatic carbocycles. The van der Waals surface area contributed by atoms with Gasteiger partial charge >= 0.3 is 0 Å². The fraction of sp³-hybridized carbons (Fsp3) is 0.538. The Kier molecular flexibility index (Phi) is 5.43. The van der Waals surface area contributed by atoms with Crippen molar-refractivity contribution in [1.82, 2.24) is 5.32 Å². The number of hydrogen-bond donors (Lipinski definition) is 2. The van der Waals surface area contributed by atoms with Gasteiger partial charge in [0.05, 0.1) is 17.2 Å². The third kappa shape index (κ3) is 4.66. The predicted molar refractivity (Wildman–Crippen MR) is 73.6 cm³/mol. The number of halogens is 1. The molecular weight excluding hydrogens is 282 g/mol. The van der Waals surface area contributed by atoms with Crippen LogP contribution >= 0.6 is 15.9 Å². The summed E-state index contributed by atoms with van der Waals surface area (Å²) in [7, 11) is 3.53. The van der Waals surface area contributed by atoms with E-state index in [0.717, 1.165) is 28.8 Å². The Labute approximate surface area is 111 Å². The monoisotopic (exact) mass is 301 g/mol. The molecule has 0 aromatic heterocycles. The van der Waals surface area contributed by atoms with Crippen LogP contribution in [0.25, 0.3) is 0 Å². The minimum atomic E-state index is -0.683. The molecule has 2 N–H and O–H groups in total. The van der Waals surface area contributed by atoms with E-state index < -0.39 is 5.60 Å². The van der Waals surface area contributed by atoms with E-state index in [1.54, 1.807) is 7.11 Å². The van der Waals surface area contributed by atoms with Crippen molar-refractivity contribution in [1.29, 1.82) is 0 Å². The highest BCUT2D eigenvalue weighted by atomic mass is 79.9. The molecule has 17 heavy (non-hydrogen) atoms. The summed E-state index contributed by atoms with van der Waals surface area (Å²) < 4.78 is 6.09. The minimum absolute atomic E-state index is 0.636. The molecule has 4 heteroatoms. The maximum absolute atomic E-state index is 10.2. The second-order valence-electron chi connectivity index (χ2n) is 4.50. The van der Waals surface area contributed by atoms with Gasteiger partial charge in [-0.25, -0.2) is 0 Å². The topological polar surface area (TPSA) is 41.5 Å². The molecule has 1 atom stereocenters. The highest BCUT2D eigenvalue weighted by molar-refractivity contribution is 9.10. The Hall–Kier alpha value is -0.580. The molecule has 0 heterocycles. The lowest BCUT2D eigenvalue weighted by Gasteiger charge is -2.23. The van der Waals surface area contributed by atoms with Crippen LogP contribution in [0.3, 0.4) is 0 Å². The van der Waals surface area contributed by atoms with E-state index in [0.29, 0.717) is 6.42 Å². The van der Waals surface area contributed by atoms with Crippen molar-refractivity contribution < 1.29 is 9.84 Å². The van der Waals surface area contributed by atoms with Gasteiger partial charge < -0.3 is 15.2 Å². The highest BCUT2D eigenvalue weighted by Gasteiger charge is 2.20. The SMILES string of the molecule is CNCCC(C)(O)Cc1ccc(OC)c(Br)c1. The van der Waals surface area contributed by atoms with Crippen LogP contribution in [0.2, 0.25) is 0 Å². The number of ether oxygens (including phenoxy) is 1. The van der Waals surface area contributed by atoms with Crippen molar-refractivity contribution in [3.05, 3.63) is 28.2 Å². The summed E-state index contributed by atoms with van der Waals surface area (Å²) >= 11 is 3.45. The van der Waals surface area contributed by atoms with Gasteiger partial charge in [0.2, 0.25) is 0 Å². The van der Waals surface area contributed by atoms with Gasteiger partial charge in [0.15, 0.2) is 0 Å². The normalized spacial score (nSPS) is 14.4. The molecule has 0 fully saturated rings. The standard InChI is InChI=1S/C13H20BrNO2/c1-13(16,6-7-15-2)9-10-4-5-12(17-3)11(14)8-10/h4-5,8,15-16H,6-7,9H2,1-3H3. The number of hydrogen-bond acceptors (Lipinski definition) is 3. The van der Waals surface area contributed by atoms with Crippen molar-refractivity contribution in [3.8, 4) is 5.75 Å². The molecule has 0 aliphatic carbocycles. The lowest BCUT2D eigenvalue weighted by Crippen LogP contribution is -2.31. The van der Waals surface area contributed by atoms with Gasteiger partial charge in [-0.15, -0.1) is 0 Å². The third-order valence-corrected chi connectivity index (χ3v) is 3.33. The van der Waals surface area contributed by atoms with Crippen LogP contribution in [-0.2, 0) is 6.42 Å². The first-order valence-corrected chi connectivity index (χ1v) is 6.47. The van der Waals surface area contributed by atoms with E-state index in [2.05, 4.69) is 21.2 Å². The zero-order valence-electron chi connectivity index (χ0n) is 10.6. The molecule has 96 valence electrons. The zero-order chi connectivity index (χ0) is 12.9. The molecule has 0 saturated carbocycles. The number of nitrogens with one attached hydrogen (secondary N) is 1. The highest BCUT2D eigenvalue weighted by Crippen LogP contribution is 2.27. The molecule has 1 unspecified atom stereocenters. The zero-order valence-corrected chi connectivity index (χ0v) is 12.2. The maximum atomic E-state index is 10.2. The van der Waals surface area contributed by atoms with Crippen molar-refractivity contribution in [3.63, 3.8) is 0 Å². The van der Waals surface area contributed by atoms with Crippen LogP contribution in [-0.4, -0.2) is 31.4 Å². The van der Waals surface area contributed by atoms with E-state index in [1.165, 1.54) is 0 Å². The van der Waals surface area contributed by atoms with Crippen molar-refractivity contribution in [2.45, 2.75) is 25.4 Å². The van der Waals surface area contributed by atoms with Crippen LogP contribution in [0, 0.1) is 0 Å². The molecule has 0 saturated heterocycles. The summed E-state index contributed by atoms with van der Waals surface area (Å²) in [5.41, 5.74) is 0.413. The van der Waals surface area contributed by atoms with E-state index in [1.807, 2.05) is 32.2 Å². The fourth-order valence-electron chi connectivity index (χ4n) is 1.74. The maximum Gasteiger partial charge on any atom is 0.133 e. The predicted octanol–water partition coefficient (Wildman–Crippen LogP) is 2.36. The molecule has 0 bridgehead atoms. The van der Waals surface area contributed by atoms with Gasteiger partial charge in [-0.1, -0.05) is 6.07 Å². The van der Waals surface area contributed by atoms with E-state index >= 15 is 0 Å². The molecule has 0 spiro atoms. The van der Waals surface area contributed by atoms with Crippen LogP contribution in [0.5, 0.6) is 5.75 Å². The summed E-state index contributed by atoms with van der Waals surface area (Å²) in [5, 5.41) is 13.3. The van der Waals surface area contributed by atoms with Crippen molar-refractivity contribution in [2.75, 3.05) is 20.7 Å². The molecule has 3 nitrogen and oxygen atoms in total. The Morgan fingerprint density at radius 1 is 1.47 bits per heavy atom. The van der Waals surface area contributed by atoms with E-state index in [4.69, 9.17) is 4.74 Å². The van der Waals surface area contributed by atoms with Gasteiger partial charge in [-0.2, -0.15) is 0 Å². The van der Waals surface area contributed by atoms with Gasteiger partial charge in [-0.3, -0.25) is 0 Å². The molecule has 0 aliphatic heterocycles. The van der Waals surface area contributed by atoms with Gasteiger partial charge in [0.25, 0.3) is 0 Å². The Morgan fingerprint density at radius 2 is 2.18 bits per heavy atom. The number of rotatable bonds is 6. The summed E-state index contributed by atoms with van der Waals surface area (Å²) in [6, 6.07) is 5.89. The first-order valence-electron chi connectivity index (χ1n) is 5.68. The second-order valence-corrected chi connectivity index (χ2v) is 5.35. The summed E-state index contributed by atoms with van der Waals surface area (Å²) in [4.78, 5) is 0. The molecule has 0 aliphatic rings. The third-order valence-electron chi connectivity index (χ3n) is 2.71. The Bertz CT molecular complexity index is 366. The van der Waals surface area contributed by atoms with Crippen LogP contribution in [0.4, 0.5) is 0 Å². The smallest absolute Gasteiger partial charge is 0.133 e. The van der Waals surface area contributed by atoms with Crippen molar-refractivity contribution in [2.24, 2.45) is 0 Å². The first-order chi connectivity index (χ1) is 7.98. The van der Waals surface area contributed by atoms with Gasteiger partial charge in [0, 0.05) is 6.42 Å². The van der Waals surface area contributed by atoms with E-state index in [9.17, 15) is 5.11 Å². The molecule has 1 aromatic rings. The first kappa shape index (κ1) is 14.5. The Balaban J connectivity index is 2.71. The Morgan fingerprint density at radius 3 is 2.71 bits per heavy atom. The summed E-state index contributed by atoms with van der Waals surface area (Å²) in [6.07, 6.45) is 1.37. The van der Waals surface area contributed by atoms with Crippen molar-refractivity contribution >= 4 is 15.9 Å². The van der Waals surface area contributed by atoms with Crippen LogP contribution < -0.4 is 10.1 Å². The van der Waals surface area contributed by atoms with Crippen LogP contribution in [0.1, 0.15) is 18.9 Å². The summed E-state index contributed by atoms with van der Waals surface area (Å²) in [5.74, 6) is 0.809. The quantitative estimate of drug-likeness (QED) is 0.847. The fourth-order valence-corrected chi connectivity index (χ4v) is 2.33. The van der Waals surface area contributed by atoms with E-state index in [-0.39, 0.29) is 0 Å². The molecule has 0 amide bonds. The molecule has 0 radical (unpaired) electrons. The largest absolute Gasteiger partial charge is 0.496 e. The van der Waals surface area contributed by atoms with Gasteiger partial charge in [0.1, 0.15) is 5.75 Å².